The lowest BCUT2D eigenvalue weighted by atomic mass is 9.81. The van der Waals surface area contributed by atoms with Crippen molar-refractivity contribution in [2.24, 2.45) is 0 Å². The standard InChI is InChI=1S/C19H20BrN5O2/c20-17-14-6-13(7-21)27-16(14)9-22-18(17)24-10-1-3-11(4-2-10)25-12-5-15(25)19(26)23-8-12/h6,9-12,15H,1-5,8H2,(H,22,24)(H,23,26). The van der Waals surface area contributed by atoms with Crippen molar-refractivity contribution in [1.29, 1.82) is 5.26 Å². The van der Waals surface area contributed by atoms with Crippen molar-refractivity contribution >= 4 is 38.6 Å². The first kappa shape index (κ1) is 17.0. The van der Waals surface area contributed by atoms with Crippen LogP contribution in [-0.2, 0) is 4.79 Å². The minimum atomic E-state index is 0.104. The van der Waals surface area contributed by atoms with Crippen LogP contribution in [0.15, 0.2) is 21.2 Å². The largest absolute Gasteiger partial charge is 0.444 e. The van der Waals surface area contributed by atoms with Gasteiger partial charge in [-0.2, -0.15) is 5.26 Å². The summed E-state index contributed by atoms with van der Waals surface area (Å²) in [5, 5.41) is 16.4. The van der Waals surface area contributed by atoms with Gasteiger partial charge in [0, 0.05) is 36.1 Å². The molecule has 2 N–H and O–H groups in total. The van der Waals surface area contributed by atoms with Gasteiger partial charge in [-0.3, -0.25) is 9.69 Å². The zero-order chi connectivity index (χ0) is 18.5. The van der Waals surface area contributed by atoms with Crippen molar-refractivity contribution in [3.8, 4) is 6.07 Å². The predicted molar refractivity (Wildman–Crippen MR) is 103 cm³/mol. The molecule has 140 valence electrons. The molecule has 1 amide bonds. The number of carbonyl (C=O) groups is 1. The number of hydrogen-bond donors (Lipinski definition) is 2. The second-order valence-corrected chi connectivity index (χ2v) is 8.46. The van der Waals surface area contributed by atoms with Gasteiger partial charge in [0.1, 0.15) is 11.9 Å². The summed E-state index contributed by atoms with van der Waals surface area (Å²) in [6.45, 7) is 0.805. The Labute approximate surface area is 165 Å². The molecular formula is C19H20BrN5O2. The molecule has 2 saturated heterocycles. The fourth-order valence-corrected chi connectivity index (χ4v) is 5.31. The molecule has 7 nitrogen and oxygen atoms in total. The molecule has 8 heteroatoms. The van der Waals surface area contributed by atoms with Crippen LogP contribution in [0.3, 0.4) is 0 Å². The molecule has 27 heavy (non-hydrogen) atoms. The van der Waals surface area contributed by atoms with E-state index in [0.29, 0.717) is 23.7 Å². The fourth-order valence-electron chi connectivity index (χ4n) is 4.78. The number of fused-ring (bicyclic) bond motifs is 3. The number of hydrogen-bond acceptors (Lipinski definition) is 6. The third-order valence-corrected chi connectivity index (χ3v) is 6.98. The van der Waals surface area contributed by atoms with Crippen LogP contribution in [0.5, 0.6) is 0 Å². The Morgan fingerprint density at radius 1 is 1.33 bits per heavy atom. The molecule has 4 heterocycles. The summed E-state index contributed by atoms with van der Waals surface area (Å²) < 4.78 is 6.26. The molecule has 2 atom stereocenters. The summed E-state index contributed by atoms with van der Waals surface area (Å²) in [7, 11) is 0. The average Bonchev–Trinajstić information content (AvgIpc) is 3.09. The highest BCUT2D eigenvalue weighted by atomic mass is 79.9. The highest BCUT2D eigenvalue weighted by Gasteiger charge is 2.50. The topological polar surface area (TPSA) is 94.2 Å². The minimum Gasteiger partial charge on any atom is -0.444 e. The normalized spacial score (nSPS) is 30.4. The van der Waals surface area contributed by atoms with Crippen molar-refractivity contribution in [1.82, 2.24) is 15.2 Å². The van der Waals surface area contributed by atoms with Gasteiger partial charge in [0.15, 0.2) is 5.58 Å². The summed E-state index contributed by atoms with van der Waals surface area (Å²) in [6, 6.07) is 5.27. The molecule has 5 rings (SSSR count). The summed E-state index contributed by atoms with van der Waals surface area (Å²) in [5.41, 5.74) is 0.607. The molecule has 2 unspecified atom stereocenters. The Morgan fingerprint density at radius 3 is 2.85 bits per heavy atom. The Balaban J connectivity index is 1.25. The molecule has 2 aromatic heterocycles. The molecule has 2 aliphatic heterocycles. The van der Waals surface area contributed by atoms with E-state index in [4.69, 9.17) is 9.68 Å². The number of nitrogens with one attached hydrogen (secondary N) is 2. The molecule has 0 radical (unpaired) electrons. The quantitative estimate of drug-likeness (QED) is 0.778. The molecule has 1 aliphatic carbocycles. The van der Waals surface area contributed by atoms with E-state index < -0.39 is 0 Å². The van der Waals surface area contributed by atoms with E-state index in [1.165, 1.54) is 0 Å². The second kappa shape index (κ2) is 6.50. The van der Waals surface area contributed by atoms with Gasteiger partial charge in [-0.05, 0) is 48.0 Å². The number of nitrogens with zero attached hydrogens (tertiary/aromatic N) is 3. The monoisotopic (exact) mass is 429 g/mol. The number of amides is 1. The maximum Gasteiger partial charge on any atom is 0.237 e. The lowest BCUT2D eigenvalue weighted by Crippen LogP contribution is -2.73. The third kappa shape index (κ3) is 2.80. The highest BCUT2D eigenvalue weighted by molar-refractivity contribution is 9.10. The van der Waals surface area contributed by atoms with E-state index in [9.17, 15) is 4.79 Å². The van der Waals surface area contributed by atoms with Crippen LogP contribution in [0.1, 0.15) is 37.9 Å². The Hall–Kier alpha value is -2.11. The number of rotatable bonds is 3. The van der Waals surface area contributed by atoms with Crippen LogP contribution < -0.4 is 10.6 Å². The van der Waals surface area contributed by atoms with Crippen LogP contribution in [-0.4, -0.2) is 46.5 Å². The average molecular weight is 430 g/mol. The molecule has 0 spiro atoms. The van der Waals surface area contributed by atoms with Gasteiger partial charge >= 0.3 is 0 Å². The van der Waals surface area contributed by atoms with Crippen molar-refractivity contribution < 1.29 is 9.21 Å². The van der Waals surface area contributed by atoms with Gasteiger partial charge in [-0.1, -0.05) is 0 Å². The molecular weight excluding hydrogens is 410 g/mol. The maximum atomic E-state index is 12.0. The number of pyridine rings is 1. The lowest BCUT2D eigenvalue weighted by molar-refractivity contribution is -0.147. The van der Waals surface area contributed by atoms with Gasteiger partial charge in [-0.15, -0.1) is 0 Å². The van der Waals surface area contributed by atoms with Crippen LogP contribution in [0.4, 0.5) is 5.82 Å². The molecule has 1 saturated carbocycles. The van der Waals surface area contributed by atoms with Gasteiger partial charge in [-0.25, -0.2) is 4.98 Å². The van der Waals surface area contributed by atoms with E-state index in [-0.39, 0.29) is 17.7 Å². The number of aromatic nitrogens is 1. The zero-order valence-corrected chi connectivity index (χ0v) is 16.3. The Kier molecular flexibility index (Phi) is 4.10. The molecule has 0 aromatic carbocycles. The van der Waals surface area contributed by atoms with Crippen LogP contribution in [0, 0.1) is 11.3 Å². The van der Waals surface area contributed by atoms with E-state index in [1.54, 1.807) is 12.3 Å². The van der Waals surface area contributed by atoms with E-state index >= 15 is 0 Å². The second-order valence-electron chi connectivity index (χ2n) is 7.67. The molecule has 2 bridgehead atoms. The van der Waals surface area contributed by atoms with Crippen molar-refractivity contribution in [2.45, 2.75) is 56.3 Å². The van der Waals surface area contributed by atoms with Crippen LogP contribution in [0.25, 0.3) is 11.0 Å². The Morgan fingerprint density at radius 2 is 2.15 bits per heavy atom. The van der Waals surface area contributed by atoms with E-state index in [1.807, 2.05) is 6.07 Å². The molecule has 2 aromatic rings. The number of carbonyl (C=O) groups excluding carboxylic acids is 1. The summed E-state index contributed by atoms with van der Waals surface area (Å²) in [5.74, 6) is 1.28. The highest BCUT2D eigenvalue weighted by Crippen LogP contribution is 2.38. The Bertz CT molecular complexity index is 941. The maximum absolute atomic E-state index is 12.0. The van der Waals surface area contributed by atoms with Gasteiger partial charge in [0.05, 0.1) is 16.7 Å². The van der Waals surface area contributed by atoms with Gasteiger partial charge < -0.3 is 15.1 Å². The first-order valence-corrected chi connectivity index (χ1v) is 10.2. The number of piperazine rings is 1. The van der Waals surface area contributed by atoms with Crippen molar-refractivity contribution in [2.75, 3.05) is 11.9 Å². The number of piperidine rings is 1. The van der Waals surface area contributed by atoms with E-state index in [2.05, 4.69) is 36.4 Å². The number of anilines is 1. The van der Waals surface area contributed by atoms with Crippen molar-refractivity contribution in [3.05, 3.63) is 22.5 Å². The number of furan rings is 1. The summed E-state index contributed by atoms with van der Waals surface area (Å²) >= 11 is 3.60. The first-order valence-electron chi connectivity index (χ1n) is 9.44. The van der Waals surface area contributed by atoms with Crippen LogP contribution >= 0.6 is 15.9 Å². The van der Waals surface area contributed by atoms with Gasteiger partial charge in [0.25, 0.3) is 0 Å². The van der Waals surface area contributed by atoms with Crippen molar-refractivity contribution in [3.63, 3.8) is 0 Å². The van der Waals surface area contributed by atoms with Gasteiger partial charge in [0.2, 0.25) is 11.7 Å². The molecule has 3 fully saturated rings. The van der Waals surface area contributed by atoms with E-state index in [0.717, 1.165) is 54.3 Å². The third-order valence-electron chi connectivity index (χ3n) is 6.18. The SMILES string of the molecule is N#Cc1cc2c(Br)c(NC3CCC(N4C5CNC(=O)C4C5)CC3)ncc2o1. The van der Waals surface area contributed by atoms with Crippen LogP contribution in [0.2, 0.25) is 0 Å². The zero-order valence-electron chi connectivity index (χ0n) is 14.7. The fraction of sp³-hybridized carbons (Fsp3) is 0.526. The predicted octanol–water partition coefficient (Wildman–Crippen LogP) is 2.76. The first-order chi connectivity index (χ1) is 13.1. The molecule has 3 aliphatic rings. The smallest absolute Gasteiger partial charge is 0.237 e. The minimum absolute atomic E-state index is 0.104. The summed E-state index contributed by atoms with van der Waals surface area (Å²) in [4.78, 5) is 18.9. The number of halogens is 1. The number of nitriles is 1. The summed E-state index contributed by atoms with van der Waals surface area (Å²) in [6.07, 6.45) is 7.00. The lowest BCUT2D eigenvalue weighted by Gasteiger charge is -2.56.